The predicted octanol–water partition coefficient (Wildman–Crippen LogP) is 3.48. The number of pyridine rings is 1. The van der Waals surface area contributed by atoms with Gasteiger partial charge in [-0.2, -0.15) is 0 Å². The normalized spacial score (nSPS) is 10.7. The van der Waals surface area contributed by atoms with Gasteiger partial charge in [0.15, 0.2) is 0 Å². The molecule has 0 aliphatic carbocycles. The molecule has 0 saturated carbocycles. The molecule has 0 spiro atoms. The second-order valence-corrected chi connectivity index (χ2v) is 4.92. The van der Waals surface area contributed by atoms with Crippen LogP contribution in [-0.2, 0) is 7.05 Å². The summed E-state index contributed by atoms with van der Waals surface area (Å²) in [7, 11) is 1.85. The van der Waals surface area contributed by atoms with Gasteiger partial charge < -0.3 is 9.88 Å². The summed E-state index contributed by atoms with van der Waals surface area (Å²) >= 11 is 5.99. The van der Waals surface area contributed by atoms with E-state index in [1.807, 2.05) is 35.9 Å². The molecular weight excluding hydrogens is 274 g/mol. The van der Waals surface area contributed by atoms with E-state index < -0.39 is 0 Å². The molecular formula is C15H12ClN3O. The van der Waals surface area contributed by atoms with E-state index in [9.17, 15) is 4.79 Å². The third-order valence-electron chi connectivity index (χ3n) is 3.18. The molecule has 1 aromatic carbocycles. The fraction of sp³-hybridized carbons (Fsp3) is 0.0667. The van der Waals surface area contributed by atoms with Crippen LogP contribution in [-0.4, -0.2) is 15.5 Å². The molecule has 0 unspecified atom stereocenters. The van der Waals surface area contributed by atoms with Gasteiger partial charge >= 0.3 is 0 Å². The smallest absolute Gasteiger partial charge is 0.272 e. The van der Waals surface area contributed by atoms with Crippen LogP contribution in [0.3, 0.4) is 0 Å². The minimum atomic E-state index is -0.161. The molecule has 0 radical (unpaired) electrons. The highest BCUT2D eigenvalue weighted by Gasteiger charge is 2.13. The second kappa shape index (κ2) is 4.98. The maximum Gasteiger partial charge on any atom is 0.272 e. The summed E-state index contributed by atoms with van der Waals surface area (Å²) in [6.45, 7) is 0. The lowest BCUT2D eigenvalue weighted by Crippen LogP contribution is -2.15. The van der Waals surface area contributed by atoms with Gasteiger partial charge in [-0.25, -0.2) is 0 Å². The van der Waals surface area contributed by atoms with Gasteiger partial charge in [0.25, 0.3) is 5.91 Å². The van der Waals surface area contributed by atoms with E-state index in [1.54, 1.807) is 24.5 Å². The average Bonchev–Trinajstić information content (AvgIpc) is 2.77. The number of nitrogens with zero attached hydrogens (tertiary/aromatic N) is 2. The molecule has 3 aromatic rings. The van der Waals surface area contributed by atoms with Crippen LogP contribution in [0.15, 0.2) is 48.8 Å². The fourth-order valence-electron chi connectivity index (χ4n) is 2.15. The molecule has 5 heteroatoms. The quantitative estimate of drug-likeness (QED) is 0.783. The molecule has 0 atom stereocenters. The van der Waals surface area contributed by atoms with Crippen molar-refractivity contribution in [1.29, 1.82) is 0 Å². The number of aromatic nitrogens is 2. The molecule has 1 amide bonds. The molecule has 100 valence electrons. The van der Waals surface area contributed by atoms with Crippen LogP contribution in [0.25, 0.3) is 10.9 Å². The number of amides is 1. The summed E-state index contributed by atoms with van der Waals surface area (Å²) in [5, 5.41) is 4.48. The van der Waals surface area contributed by atoms with Gasteiger partial charge in [-0.3, -0.25) is 9.78 Å². The van der Waals surface area contributed by atoms with Crippen LogP contribution in [0, 0.1) is 0 Å². The standard InChI is InChI=1S/C15H12ClN3O/c1-19-13-9-11(16)3-2-10(13)8-14(19)15(20)18-12-4-6-17-7-5-12/h2-9H,1H3,(H,17,18,20). The summed E-state index contributed by atoms with van der Waals surface area (Å²) in [5.41, 5.74) is 2.23. The number of anilines is 1. The van der Waals surface area contributed by atoms with Crippen LogP contribution >= 0.6 is 11.6 Å². The third-order valence-corrected chi connectivity index (χ3v) is 3.41. The summed E-state index contributed by atoms with van der Waals surface area (Å²) < 4.78 is 1.83. The lowest BCUT2D eigenvalue weighted by molar-refractivity contribution is 0.102. The van der Waals surface area contributed by atoms with E-state index in [2.05, 4.69) is 10.3 Å². The summed E-state index contributed by atoms with van der Waals surface area (Å²) in [6, 6.07) is 10.9. The van der Waals surface area contributed by atoms with Gasteiger partial charge in [-0.05, 0) is 30.3 Å². The Labute approximate surface area is 121 Å². The molecule has 0 bridgehead atoms. The first-order chi connectivity index (χ1) is 9.65. The van der Waals surface area contributed by atoms with Gasteiger partial charge in [0.2, 0.25) is 0 Å². The number of halogens is 1. The number of aryl methyl sites for hydroxylation is 1. The lowest BCUT2D eigenvalue weighted by atomic mass is 10.2. The van der Waals surface area contributed by atoms with E-state index in [0.717, 1.165) is 10.9 Å². The number of benzene rings is 1. The van der Waals surface area contributed by atoms with Crippen molar-refractivity contribution in [3.63, 3.8) is 0 Å². The molecule has 0 aliphatic rings. The van der Waals surface area contributed by atoms with Crippen molar-refractivity contribution in [3.8, 4) is 0 Å². The average molecular weight is 286 g/mol. The van der Waals surface area contributed by atoms with Crippen molar-refractivity contribution in [2.45, 2.75) is 0 Å². The van der Waals surface area contributed by atoms with Crippen LogP contribution in [0.5, 0.6) is 0 Å². The Morgan fingerprint density at radius 1 is 1.20 bits per heavy atom. The number of carbonyl (C=O) groups is 1. The largest absolute Gasteiger partial charge is 0.340 e. The Kier molecular flexibility index (Phi) is 3.16. The van der Waals surface area contributed by atoms with Crippen LogP contribution < -0.4 is 5.32 Å². The lowest BCUT2D eigenvalue weighted by Gasteiger charge is -2.06. The van der Waals surface area contributed by atoms with Gasteiger partial charge in [-0.15, -0.1) is 0 Å². The number of nitrogens with one attached hydrogen (secondary N) is 1. The Bertz CT molecular complexity index is 780. The zero-order valence-corrected chi connectivity index (χ0v) is 11.6. The topological polar surface area (TPSA) is 46.9 Å². The third kappa shape index (κ3) is 2.26. The Morgan fingerprint density at radius 2 is 1.95 bits per heavy atom. The van der Waals surface area contributed by atoms with Crippen molar-refractivity contribution in [2.24, 2.45) is 7.05 Å². The molecule has 20 heavy (non-hydrogen) atoms. The van der Waals surface area contributed by atoms with Crippen LogP contribution in [0.4, 0.5) is 5.69 Å². The van der Waals surface area contributed by atoms with E-state index in [4.69, 9.17) is 11.6 Å². The van der Waals surface area contributed by atoms with Gasteiger partial charge in [-0.1, -0.05) is 17.7 Å². The maximum atomic E-state index is 12.3. The maximum absolute atomic E-state index is 12.3. The fourth-order valence-corrected chi connectivity index (χ4v) is 2.32. The van der Waals surface area contributed by atoms with Crippen molar-refractivity contribution >= 4 is 34.1 Å². The molecule has 4 nitrogen and oxygen atoms in total. The van der Waals surface area contributed by atoms with Gasteiger partial charge in [0.05, 0.1) is 0 Å². The first kappa shape index (κ1) is 12.7. The van der Waals surface area contributed by atoms with Crippen molar-refractivity contribution in [1.82, 2.24) is 9.55 Å². The predicted molar refractivity (Wildman–Crippen MR) is 80.1 cm³/mol. The zero-order chi connectivity index (χ0) is 14.1. The summed E-state index contributed by atoms with van der Waals surface area (Å²) in [5.74, 6) is -0.161. The molecule has 1 N–H and O–H groups in total. The molecule has 0 aliphatic heterocycles. The highest BCUT2D eigenvalue weighted by molar-refractivity contribution is 6.31. The number of hydrogen-bond acceptors (Lipinski definition) is 2. The highest BCUT2D eigenvalue weighted by atomic mass is 35.5. The summed E-state index contributed by atoms with van der Waals surface area (Å²) in [4.78, 5) is 16.2. The van der Waals surface area contributed by atoms with Crippen molar-refractivity contribution in [3.05, 3.63) is 59.5 Å². The monoisotopic (exact) mass is 285 g/mol. The van der Waals surface area contributed by atoms with Gasteiger partial charge in [0, 0.05) is 41.1 Å². The van der Waals surface area contributed by atoms with E-state index in [1.165, 1.54) is 0 Å². The molecule has 0 fully saturated rings. The molecule has 2 aromatic heterocycles. The Balaban J connectivity index is 1.98. The number of hydrogen-bond donors (Lipinski definition) is 1. The highest BCUT2D eigenvalue weighted by Crippen LogP contribution is 2.23. The van der Waals surface area contributed by atoms with Gasteiger partial charge in [0.1, 0.15) is 5.69 Å². The van der Waals surface area contributed by atoms with Crippen LogP contribution in [0.1, 0.15) is 10.5 Å². The molecule has 0 saturated heterocycles. The Morgan fingerprint density at radius 3 is 2.70 bits per heavy atom. The first-order valence-corrected chi connectivity index (χ1v) is 6.49. The Hall–Kier alpha value is -2.33. The van der Waals surface area contributed by atoms with Crippen LogP contribution in [0.2, 0.25) is 5.02 Å². The first-order valence-electron chi connectivity index (χ1n) is 6.11. The molecule has 3 rings (SSSR count). The van der Waals surface area contributed by atoms with E-state index in [-0.39, 0.29) is 5.91 Å². The number of carbonyl (C=O) groups excluding carboxylic acids is 1. The van der Waals surface area contributed by atoms with Crippen molar-refractivity contribution in [2.75, 3.05) is 5.32 Å². The number of fused-ring (bicyclic) bond motifs is 1. The second-order valence-electron chi connectivity index (χ2n) is 4.48. The van der Waals surface area contributed by atoms with E-state index >= 15 is 0 Å². The number of rotatable bonds is 2. The SMILES string of the molecule is Cn1c(C(=O)Nc2ccncc2)cc2ccc(Cl)cc21. The zero-order valence-electron chi connectivity index (χ0n) is 10.8. The van der Waals surface area contributed by atoms with Crippen molar-refractivity contribution < 1.29 is 4.79 Å². The minimum Gasteiger partial charge on any atom is -0.340 e. The molecule has 2 heterocycles. The summed E-state index contributed by atoms with van der Waals surface area (Å²) in [6.07, 6.45) is 3.27. The minimum absolute atomic E-state index is 0.161. The van der Waals surface area contributed by atoms with E-state index in [0.29, 0.717) is 16.4 Å².